The molecule has 2 aromatic rings. The minimum absolute atomic E-state index is 0.128. The number of rotatable bonds is 6. The third kappa shape index (κ3) is 4.46. The fourth-order valence-electron chi connectivity index (χ4n) is 5.57. The Morgan fingerprint density at radius 1 is 1.00 bits per heavy atom. The highest BCUT2D eigenvalue weighted by atomic mass is 32.3. The third-order valence-corrected chi connectivity index (χ3v) is 12.6. The molecule has 4 heterocycles. The van der Waals surface area contributed by atoms with E-state index in [4.69, 9.17) is 8.37 Å². The third-order valence-electron chi connectivity index (χ3n) is 7.70. The van der Waals surface area contributed by atoms with Gasteiger partial charge < -0.3 is 18.2 Å². The quantitative estimate of drug-likeness (QED) is 0.483. The SMILES string of the molecule is CC1N(CCCCN2CCC(c3cc4ccccc4s3)CC2)C(=O)C(C)(C)S12OC(=O)C=CC(=O)O2. The maximum absolute atomic E-state index is 13.3. The predicted octanol–water partition coefficient (Wildman–Crippen LogP) is 5.12. The van der Waals surface area contributed by atoms with Crippen LogP contribution in [-0.4, -0.2) is 63.9 Å². The van der Waals surface area contributed by atoms with Crippen molar-refractivity contribution in [3.8, 4) is 0 Å². The molecule has 0 saturated carbocycles. The average molecular weight is 531 g/mol. The van der Waals surface area contributed by atoms with Crippen LogP contribution in [-0.2, 0) is 22.7 Å². The number of thiophene rings is 1. The number of carbonyl (C=O) groups is 3. The number of likely N-dealkylation sites (tertiary alicyclic amines) is 1. The van der Waals surface area contributed by atoms with Gasteiger partial charge in [0.1, 0.15) is 5.37 Å². The van der Waals surface area contributed by atoms with Crippen molar-refractivity contribution in [1.29, 1.82) is 0 Å². The van der Waals surface area contributed by atoms with Crippen molar-refractivity contribution < 1.29 is 22.7 Å². The van der Waals surface area contributed by atoms with Crippen LogP contribution in [0, 0.1) is 0 Å². The Bertz CT molecular complexity index is 1140. The number of nitrogens with zero attached hydrogens (tertiary/aromatic N) is 2. The molecule has 7 nitrogen and oxygen atoms in total. The molecular formula is C27H34N2O5S2. The minimum Gasteiger partial charge on any atom is -0.337 e. The molecule has 2 fully saturated rings. The maximum Gasteiger partial charge on any atom is 0.353 e. The number of piperidine rings is 1. The summed E-state index contributed by atoms with van der Waals surface area (Å²) in [6, 6.07) is 11.0. The van der Waals surface area contributed by atoms with Gasteiger partial charge in [-0.15, -0.1) is 11.3 Å². The molecule has 194 valence electrons. The first-order valence-electron chi connectivity index (χ1n) is 12.7. The minimum atomic E-state index is -2.75. The van der Waals surface area contributed by atoms with E-state index in [1.807, 2.05) is 18.3 Å². The Balaban J connectivity index is 1.12. The first-order valence-corrected chi connectivity index (χ1v) is 15.1. The van der Waals surface area contributed by atoms with Crippen LogP contribution in [0.4, 0.5) is 0 Å². The van der Waals surface area contributed by atoms with Crippen LogP contribution in [0.1, 0.15) is 57.2 Å². The van der Waals surface area contributed by atoms with Gasteiger partial charge >= 0.3 is 11.9 Å². The van der Waals surface area contributed by atoms with Crippen LogP contribution in [0.5, 0.6) is 0 Å². The van der Waals surface area contributed by atoms with Crippen LogP contribution < -0.4 is 0 Å². The lowest BCUT2D eigenvalue weighted by molar-refractivity contribution is -0.132. The van der Waals surface area contributed by atoms with Gasteiger partial charge in [-0.3, -0.25) is 4.79 Å². The van der Waals surface area contributed by atoms with E-state index in [1.165, 1.54) is 27.8 Å². The van der Waals surface area contributed by atoms with Gasteiger partial charge in [0.05, 0.1) is 0 Å². The zero-order valence-corrected chi connectivity index (χ0v) is 22.7. The zero-order valence-electron chi connectivity index (χ0n) is 21.1. The summed E-state index contributed by atoms with van der Waals surface area (Å²) in [6.45, 7) is 9.01. The number of carbonyl (C=O) groups excluding carboxylic acids is 3. The first-order chi connectivity index (χ1) is 17.2. The second kappa shape index (κ2) is 9.84. The van der Waals surface area contributed by atoms with E-state index >= 15 is 0 Å². The van der Waals surface area contributed by atoms with E-state index in [2.05, 4.69) is 35.2 Å². The van der Waals surface area contributed by atoms with Crippen molar-refractivity contribution in [2.24, 2.45) is 0 Å². The molecule has 1 aromatic carbocycles. The first kappa shape index (κ1) is 25.3. The lowest BCUT2D eigenvalue weighted by Gasteiger charge is -2.47. The van der Waals surface area contributed by atoms with Crippen molar-refractivity contribution in [3.63, 3.8) is 0 Å². The van der Waals surface area contributed by atoms with Crippen molar-refractivity contribution in [1.82, 2.24) is 9.80 Å². The van der Waals surface area contributed by atoms with E-state index in [0.717, 1.165) is 44.6 Å². The fraction of sp³-hybridized carbons (Fsp3) is 0.519. The smallest absolute Gasteiger partial charge is 0.337 e. The van der Waals surface area contributed by atoms with Crippen molar-refractivity contribution in [2.45, 2.75) is 62.5 Å². The molecule has 1 spiro atoms. The van der Waals surface area contributed by atoms with Gasteiger partial charge in [0.25, 0.3) is 5.91 Å². The van der Waals surface area contributed by atoms with Crippen molar-refractivity contribution in [3.05, 3.63) is 47.4 Å². The normalized spacial score (nSPS) is 25.2. The number of hydrogen-bond donors (Lipinski definition) is 0. The number of hydrogen-bond acceptors (Lipinski definition) is 7. The summed E-state index contributed by atoms with van der Waals surface area (Å²) < 4.78 is 11.6. The van der Waals surface area contributed by atoms with Gasteiger partial charge in [-0.1, -0.05) is 28.8 Å². The molecule has 2 saturated heterocycles. The van der Waals surface area contributed by atoms with Gasteiger partial charge in [0.15, 0.2) is 4.75 Å². The number of benzene rings is 1. The molecule has 3 aliphatic rings. The van der Waals surface area contributed by atoms with Crippen molar-refractivity contribution in [2.75, 3.05) is 26.2 Å². The van der Waals surface area contributed by atoms with E-state index in [0.29, 0.717) is 12.5 Å². The summed E-state index contributed by atoms with van der Waals surface area (Å²) in [6.07, 6.45) is 6.33. The molecule has 1 unspecified atom stereocenters. The second-order valence-corrected chi connectivity index (χ2v) is 14.5. The summed E-state index contributed by atoms with van der Waals surface area (Å²) in [7, 11) is -2.75. The molecule has 1 aromatic heterocycles. The summed E-state index contributed by atoms with van der Waals surface area (Å²) in [4.78, 5) is 43.4. The predicted molar refractivity (Wildman–Crippen MR) is 144 cm³/mol. The number of unbranched alkanes of at least 4 members (excludes halogenated alkanes) is 1. The fourth-order valence-corrected chi connectivity index (χ4v) is 9.88. The molecular weight excluding hydrogens is 496 g/mol. The van der Waals surface area contributed by atoms with Gasteiger partial charge in [-0.05, 0) is 89.5 Å². The molecule has 5 rings (SSSR count). The second-order valence-electron chi connectivity index (χ2n) is 10.3. The highest BCUT2D eigenvalue weighted by Crippen LogP contribution is 2.70. The largest absolute Gasteiger partial charge is 0.353 e. The van der Waals surface area contributed by atoms with Crippen LogP contribution in [0.25, 0.3) is 10.1 Å². The molecule has 1 amide bonds. The Morgan fingerprint density at radius 3 is 2.31 bits per heavy atom. The van der Waals surface area contributed by atoms with Gasteiger partial charge in [0, 0.05) is 28.3 Å². The lowest BCUT2D eigenvalue weighted by Crippen LogP contribution is -2.38. The molecule has 0 bridgehead atoms. The van der Waals surface area contributed by atoms with E-state index in [1.54, 1.807) is 18.7 Å². The average Bonchev–Trinajstić information content (AvgIpc) is 3.28. The lowest BCUT2D eigenvalue weighted by atomic mass is 9.95. The van der Waals surface area contributed by atoms with Gasteiger partial charge in [-0.2, -0.15) is 0 Å². The molecule has 9 heteroatoms. The standard InChI is InChI=1S/C27H34N2O5S2/c1-19-29(26(32)27(2,3)36(19)33-24(30)10-11-25(31)34-36)15-7-6-14-28-16-12-20(13-17-28)23-18-21-8-4-5-9-22(21)35-23/h4-5,8-11,18-20H,6-7,12-17H2,1-3H3. The summed E-state index contributed by atoms with van der Waals surface area (Å²) in [5.74, 6) is -0.756. The van der Waals surface area contributed by atoms with Gasteiger partial charge in [0.2, 0.25) is 0 Å². The van der Waals surface area contributed by atoms with Crippen molar-refractivity contribution >= 4 is 49.9 Å². The molecule has 1 atom stereocenters. The Morgan fingerprint density at radius 2 is 1.64 bits per heavy atom. The van der Waals surface area contributed by atoms with Crippen LogP contribution in [0.3, 0.4) is 0 Å². The number of fused-ring (bicyclic) bond motifs is 1. The van der Waals surface area contributed by atoms with E-state index in [9.17, 15) is 14.4 Å². The van der Waals surface area contributed by atoms with E-state index in [-0.39, 0.29) is 5.91 Å². The summed E-state index contributed by atoms with van der Waals surface area (Å²) >= 11 is 1.93. The van der Waals surface area contributed by atoms with E-state index < -0.39 is 32.6 Å². The molecule has 0 N–H and O–H groups in total. The monoisotopic (exact) mass is 530 g/mol. The van der Waals surface area contributed by atoms with Crippen LogP contribution >= 0.6 is 21.9 Å². The van der Waals surface area contributed by atoms with Gasteiger partial charge in [-0.25, -0.2) is 9.59 Å². The summed E-state index contributed by atoms with van der Waals surface area (Å²) in [5, 5.41) is 0.868. The molecule has 0 aliphatic carbocycles. The molecule has 0 radical (unpaired) electrons. The highest BCUT2D eigenvalue weighted by Gasteiger charge is 2.62. The Hall–Kier alpha value is -2.36. The van der Waals surface area contributed by atoms with Crippen LogP contribution in [0.2, 0.25) is 0 Å². The Kier molecular flexibility index (Phi) is 6.91. The van der Waals surface area contributed by atoms with Crippen LogP contribution in [0.15, 0.2) is 42.5 Å². The molecule has 3 aliphatic heterocycles. The molecule has 36 heavy (non-hydrogen) atoms. The zero-order chi connectivity index (χ0) is 25.5. The Labute approximate surface area is 218 Å². The highest BCUT2D eigenvalue weighted by molar-refractivity contribution is 8.28. The topological polar surface area (TPSA) is 76.2 Å². The summed E-state index contributed by atoms with van der Waals surface area (Å²) in [5.41, 5.74) is 0. The maximum atomic E-state index is 13.3. The number of amides is 1.